The van der Waals surface area contributed by atoms with Crippen molar-refractivity contribution in [2.24, 2.45) is 5.92 Å². The molecule has 0 saturated heterocycles. The van der Waals surface area contributed by atoms with Crippen molar-refractivity contribution < 1.29 is 0 Å². The summed E-state index contributed by atoms with van der Waals surface area (Å²) in [5, 5.41) is 3.60. The molecule has 0 aliphatic rings. The minimum atomic E-state index is 0.650. The quantitative estimate of drug-likeness (QED) is 0.688. The van der Waals surface area contributed by atoms with E-state index in [2.05, 4.69) is 68.5 Å². The molecule has 2 nitrogen and oxygen atoms in total. The van der Waals surface area contributed by atoms with Gasteiger partial charge in [-0.3, -0.25) is 0 Å². The Kier molecular flexibility index (Phi) is 7.76. The van der Waals surface area contributed by atoms with Crippen molar-refractivity contribution in [2.75, 3.05) is 27.2 Å². The maximum absolute atomic E-state index is 3.60. The smallest absolute Gasteiger partial charge is 0.0216 e. The van der Waals surface area contributed by atoms with Gasteiger partial charge in [0, 0.05) is 12.6 Å². The number of benzene rings is 1. The zero-order valence-corrected chi connectivity index (χ0v) is 13.0. The molecule has 19 heavy (non-hydrogen) atoms. The lowest BCUT2D eigenvalue weighted by Gasteiger charge is -2.26. The van der Waals surface area contributed by atoms with Crippen LogP contribution in [0.3, 0.4) is 0 Å². The molecule has 0 spiro atoms. The lowest BCUT2D eigenvalue weighted by molar-refractivity contribution is 0.247. The Morgan fingerprint density at radius 1 is 1.11 bits per heavy atom. The van der Waals surface area contributed by atoms with E-state index in [1.807, 2.05) is 0 Å². The van der Waals surface area contributed by atoms with Crippen molar-refractivity contribution in [1.29, 1.82) is 0 Å². The van der Waals surface area contributed by atoms with E-state index in [1.165, 1.54) is 24.8 Å². The fourth-order valence-corrected chi connectivity index (χ4v) is 2.35. The Labute approximate surface area is 119 Å². The van der Waals surface area contributed by atoms with Crippen LogP contribution in [0, 0.1) is 5.92 Å². The van der Waals surface area contributed by atoms with Gasteiger partial charge in [0.1, 0.15) is 0 Å². The molecule has 1 aromatic rings. The van der Waals surface area contributed by atoms with Gasteiger partial charge in [-0.1, -0.05) is 44.2 Å². The fraction of sp³-hybridized carbons (Fsp3) is 0.647. The molecule has 0 heterocycles. The summed E-state index contributed by atoms with van der Waals surface area (Å²) in [6.45, 7) is 6.80. The van der Waals surface area contributed by atoms with Gasteiger partial charge in [-0.25, -0.2) is 0 Å². The Morgan fingerprint density at radius 3 is 2.37 bits per heavy atom. The zero-order chi connectivity index (χ0) is 14.1. The van der Waals surface area contributed by atoms with Crippen LogP contribution in [0.15, 0.2) is 30.3 Å². The van der Waals surface area contributed by atoms with Gasteiger partial charge in [0.05, 0.1) is 0 Å². The summed E-state index contributed by atoms with van der Waals surface area (Å²) < 4.78 is 0. The highest BCUT2D eigenvalue weighted by Gasteiger charge is 2.12. The molecule has 0 bridgehead atoms. The van der Waals surface area contributed by atoms with Crippen molar-refractivity contribution in [3.63, 3.8) is 0 Å². The molecule has 1 atom stereocenters. The highest BCUT2D eigenvalue weighted by Crippen LogP contribution is 2.08. The second-order valence-electron chi connectivity index (χ2n) is 6.04. The van der Waals surface area contributed by atoms with Gasteiger partial charge < -0.3 is 10.2 Å². The molecule has 2 heteroatoms. The zero-order valence-electron chi connectivity index (χ0n) is 13.0. The maximum atomic E-state index is 3.60. The molecule has 0 fully saturated rings. The maximum Gasteiger partial charge on any atom is 0.0216 e. The molecule has 0 radical (unpaired) electrons. The van der Waals surface area contributed by atoms with Crippen molar-refractivity contribution in [3.05, 3.63) is 35.9 Å². The van der Waals surface area contributed by atoms with E-state index in [4.69, 9.17) is 0 Å². The molecule has 1 unspecified atom stereocenters. The predicted molar refractivity (Wildman–Crippen MR) is 84.6 cm³/mol. The molecule has 0 aromatic heterocycles. The summed E-state index contributed by atoms with van der Waals surface area (Å²) in [6, 6.07) is 11.4. The van der Waals surface area contributed by atoms with E-state index in [-0.39, 0.29) is 0 Å². The van der Waals surface area contributed by atoms with Crippen LogP contribution in [0.5, 0.6) is 0 Å². The van der Waals surface area contributed by atoms with Crippen LogP contribution in [-0.2, 0) is 6.42 Å². The standard InChI is InChI=1S/C17H30N2/c1-15(2)13-17(19(3)4)14-18-12-8-11-16-9-6-5-7-10-16/h5-7,9-10,15,17-18H,8,11-14H2,1-4H3. The number of nitrogens with one attached hydrogen (secondary N) is 1. The molecule has 1 N–H and O–H groups in total. The fourth-order valence-electron chi connectivity index (χ4n) is 2.35. The van der Waals surface area contributed by atoms with Crippen LogP contribution in [0.4, 0.5) is 0 Å². The molecular weight excluding hydrogens is 232 g/mol. The number of hydrogen-bond acceptors (Lipinski definition) is 2. The minimum absolute atomic E-state index is 0.650. The van der Waals surface area contributed by atoms with Crippen molar-refractivity contribution in [3.8, 4) is 0 Å². The largest absolute Gasteiger partial charge is 0.315 e. The third-order valence-corrected chi connectivity index (χ3v) is 3.52. The summed E-state index contributed by atoms with van der Waals surface area (Å²) in [4.78, 5) is 2.34. The molecule has 0 aliphatic carbocycles. The second kappa shape index (κ2) is 9.11. The summed E-state index contributed by atoms with van der Waals surface area (Å²) in [5.74, 6) is 0.763. The summed E-state index contributed by atoms with van der Waals surface area (Å²) >= 11 is 0. The normalized spacial score (nSPS) is 13.2. The molecule has 0 saturated carbocycles. The van der Waals surface area contributed by atoms with Gasteiger partial charge in [0.25, 0.3) is 0 Å². The summed E-state index contributed by atoms with van der Waals surface area (Å²) in [6.07, 6.45) is 3.65. The SMILES string of the molecule is CC(C)CC(CNCCCc1ccccc1)N(C)C. The van der Waals surface area contributed by atoms with E-state index in [0.717, 1.165) is 19.0 Å². The monoisotopic (exact) mass is 262 g/mol. The first-order valence-electron chi connectivity index (χ1n) is 7.50. The topological polar surface area (TPSA) is 15.3 Å². The van der Waals surface area contributed by atoms with Crippen molar-refractivity contribution >= 4 is 0 Å². The molecule has 1 aromatic carbocycles. The first-order chi connectivity index (χ1) is 9.09. The molecule has 0 aliphatic heterocycles. The van der Waals surface area contributed by atoms with Crippen LogP contribution >= 0.6 is 0 Å². The lowest BCUT2D eigenvalue weighted by atomic mass is 10.0. The predicted octanol–water partition coefficient (Wildman–Crippen LogP) is 3.19. The molecule has 0 amide bonds. The average molecular weight is 262 g/mol. The molecule has 1 rings (SSSR count). The van der Waals surface area contributed by atoms with Crippen LogP contribution in [-0.4, -0.2) is 38.1 Å². The Hall–Kier alpha value is -0.860. The van der Waals surface area contributed by atoms with Crippen LogP contribution in [0.25, 0.3) is 0 Å². The Morgan fingerprint density at radius 2 is 1.79 bits per heavy atom. The van der Waals surface area contributed by atoms with Gasteiger partial charge in [-0.2, -0.15) is 0 Å². The van der Waals surface area contributed by atoms with E-state index >= 15 is 0 Å². The Bertz CT molecular complexity index is 319. The van der Waals surface area contributed by atoms with Crippen molar-refractivity contribution in [1.82, 2.24) is 10.2 Å². The number of rotatable bonds is 9. The molecular formula is C17H30N2. The van der Waals surface area contributed by atoms with E-state index in [1.54, 1.807) is 0 Å². The van der Waals surface area contributed by atoms with E-state index in [9.17, 15) is 0 Å². The highest BCUT2D eigenvalue weighted by atomic mass is 15.1. The highest BCUT2D eigenvalue weighted by molar-refractivity contribution is 5.14. The van der Waals surface area contributed by atoms with Crippen molar-refractivity contribution in [2.45, 2.75) is 39.2 Å². The van der Waals surface area contributed by atoms with Gasteiger partial charge in [0.15, 0.2) is 0 Å². The lowest BCUT2D eigenvalue weighted by Crippen LogP contribution is -2.39. The number of hydrogen-bond donors (Lipinski definition) is 1. The van der Waals surface area contributed by atoms with E-state index < -0.39 is 0 Å². The van der Waals surface area contributed by atoms with Gasteiger partial charge in [0.2, 0.25) is 0 Å². The first kappa shape index (κ1) is 16.2. The average Bonchev–Trinajstić information content (AvgIpc) is 2.37. The number of aryl methyl sites for hydroxylation is 1. The second-order valence-corrected chi connectivity index (χ2v) is 6.04. The third-order valence-electron chi connectivity index (χ3n) is 3.52. The summed E-state index contributed by atoms with van der Waals surface area (Å²) in [7, 11) is 4.36. The summed E-state index contributed by atoms with van der Waals surface area (Å²) in [5.41, 5.74) is 1.44. The van der Waals surface area contributed by atoms with E-state index in [0.29, 0.717) is 6.04 Å². The van der Waals surface area contributed by atoms with Gasteiger partial charge >= 0.3 is 0 Å². The number of nitrogens with zero attached hydrogens (tertiary/aromatic N) is 1. The first-order valence-corrected chi connectivity index (χ1v) is 7.50. The van der Waals surface area contributed by atoms with Crippen LogP contribution < -0.4 is 5.32 Å². The Balaban J connectivity index is 2.15. The third kappa shape index (κ3) is 7.34. The minimum Gasteiger partial charge on any atom is -0.315 e. The van der Waals surface area contributed by atoms with Crippen LogP contribution in [0.2, 0.25) is 0 Å². The van der Waals surface area contributed by atoms with Crippen LogP contribution in [0.1, 0.15) is 32.3 Å². The number of likely N-dealkylation sites (N-methyl/N-ethyl adjacent to an activating group) is 1. The van der Waals surface area contributed by atoms with Gasteiger partial charge in [-0.15, -0.1) is 0 Å². The molecule has 108 valence electrons. The van der Waals surface area contributed by atoms with Gasteiger partial charge in [-0.05, 0) is 51.4 Å².